The summed E-state index contributed by atoms with van der Waals surface area (Å²) < 4.78 is 0. The second kappa shape index (κ2) is 7.38. The van der Waals surface area contributed by atoms with Crippen LogP contribution in [0.4, 0.5) is 0 Å². The highest BCUT2D eigenvalue weighted by molar-refractivity contribution is 4.95. The maximum atomic E-state index is 10.0. The number of aliphatic hydroxyl groups excluding tert-OH is 1. The first kappa shape index (κ1) is 17.7. The van der Waals surface area contributed by atoms with Crippen LogP contribution in [0.3, 0.4) is 0 Å². The van der Waals surface area contributed by atoms with Gasteiger partial charge in [-0.3, -0.25) is 4.90 Å². The van der Waals surface area contributed by atoms with E-state index < -0.39 is 0 Å². The van der Waals surface area contributed by atoms with Crippen molar-refractivity contribution >= 4 is 0 Å². The average Bonchev–Trinajstić information content (AvgIpc) is 2.56. The smallest absolute Gasteiger partial charge is 0.0512 e. The molecule has 1 atom stereocenters. The minimum atomic E-state index is 0.103. The molecule has 1 aliphatic carbocycles. The predicted molar refractivity (Wildman–Crippen MR) is 95.7 cm³/mol. The van der Waals surface area contributed by atoms with Crippen molar-refractivity contribution in [1.82, 2.24) is 15.1 Å². The predicted octanol–water partition coefficient (Wildman–Crippen LogP) is 1.93. The Bertz CT molecular complexity index is 371. The molecule has 0 aromatic heterocycles. The zero-order valence-electron chi connectivity index (χ0n) is 15.3. The lowest BCUT2D eigenvalue weighted by Gasteiger charge is -2.50. The lowest BCUT2D eigenvalue weighted by atomic mass is 9.66. The van der Waals surface area contributed by atoms with Crippen molar-refractivity contribution in [3.63, 3.8) is 0 Å². The van der Waals surface area contributed by atoms with E-state index >= 15 is 0 Å². The van der Waals surface area contributed by atoms with Crippen LogP contribution in [0.1, 0.15) is 51.4 Å². The van der Waals surface area contributed by atoms with Crippen LogP contribution in [-0.4, -0.2) is 74.4 Å². The van der Waals surface area contributed by atoms with Gasteiger partial charge >= 0.3 is 0 Å². The SMILES string of the molecule is CN(C)CC1(CO)CCCN(C2CCC3(CCNCC3)CC2)C1. The van der Waals surface area contributed by atoms with Crippen molar-refractivity contribution in [1.29, 1.82) is 0 Å². The number of nitrogens with one attached hydrogen (secondary N) is 1. The Hall–Kier alpha value is -0.160. The molecule has 4 heteroatoms. The Morgan fingerprint density at radius 1 is 1.09 bits per heavy atom. The van der Waals surface area contributed by atoms with E-state index in [4.69, 9.17) is 0 Å². The Labute approximate surface area is 142 Å². The second-order valence-corrected chi connectivity index (χ2v) is 8.95. The Morgan fingerprint density at radius 2 is 1.78 bits per heavy atom. The van der Waals surface area contributed by atoms with Crippen molar-refractivity contribution in [3.05, 3.63) is 0 Å². The summed E-state index contributed by atoms with van der Waals surface area (Å²) in [6.07, 6.45) is 10.8. The molecule has 0 radical (unpaired) electrons. The summed E-state index contributed by atoms with van der Waals surface area (Å²) in [5, 5.41) is 13.6. The van der Waals surface area contributed by atoms with E-state index in [-0.39, 0.29) is 5.41 Å². The van der Waals surface area contributed by atoms with Gasteiger partial charge in [-0.2, -0.15) is 0 Å². The van der Waals surface area contributed by atoms with Crippen molar-refractivity contribution in [2.45, 2.75) is 57.4 Å². The zero-order valence-corrected chi connectivity index (χ0v) is 15.3. The molecule has 0 bridgehead atoms. The van der Waals surface area contributed by atoms with Crippen molar-refractivity contribution < 1.29 is 5.11 Å². The molecule has 2 saturated heterocycles. The number of nitrogens with zero attached hydrogens (tertiary/aromatic N) is 2. The number of hydrogen-bond acceptors (Lipinski definition) is 4. The summed E-state index contributed by atoms with van der Waals surface area (Å²) in [6.45, 7) is 6.15. The summed E-state index contributed by atoms with van der Waals surface area (Å²) in [4.78, 5) is 4.99. The van der Waals surface area contributed by atoms with Gasteiger partial charge in [0.25, 0.3) is 0 Å². The van der Waals surface area contributed by atoms with Gasteiger partial charge in [0.05, 0.1) is 6.61 Å². The van der Waals surface area contributed by atoms with Crippen LogP contribution in [0.15, 0.2) is 0 Å². The number of hydrogen-bond donors (Lipinski definition) is 2. The fourth-order valence-corrected chi connectivity index (χ4v) is 5.57. The second-order valence-electron chi connectivity index (χ2n) is 8.95. The average molecular weight is 324 g/mol. The van der Waals surface area contributed by atoms with Crippen LogP contribution in [0.25, 0.3) is 0 Å². The van der Waals surface area contributed by atoms with Crippen LogP contribution in [0.5, 0.6) is 0 Å². The minimum Gasteiger partial charge on any atom is -0.396 e. The lowest BCUT2D eigenvalue weighted by molar-refractivity contribution is -0.0222. The summed E-state index contributed by atoms with van der Waals surface area (Å²) in [5.74, 6) is 0. The van der Waals surface area contributed by atoms with E-state index in [9.17, 15) is 5.11 Å². The van der Waals surface area contributed by atoms with Crippen molar-refractivity contribution in [2.75, 3.05) is 53.4 Å². The standard InChI is InChI=1S/C19H37N3O/c1-21(2)14-19(16-23)6-3-13-22(15-19)17-4-7-18(8-5-17)9-11-20-12-10-18/h17,20,23H,3-16H2,1-2H3. The lowest BCUT2D eigenvalue weighted by Crippen LogP contribution is -2.54. The molecule has 1 saturated carbocycles. The number of piperidine rings is 2. The van der Waals surface area contributed by atoms with Crippen LogP contribution in [0, 0.1) is 10.8 Å². The first-order chi connectivity index (χ1) is 11.1. The molecule has 1 spiro atoms. The Balaban J connectivity index is 1.57. The summed E-state index contributed by atoms with van der Waals surface area (Å²) >= 11 is 0. The molecule has 3 aliphatic rings. The highest BCUT2D eigenvalue weighted by Crippen LogP contribution is 2.45. The highest BCUT2D eigenvalue weighted by atomic mass is 16.3. The monoisotopic (exact) mass is 323 g/mol. The normalized spacial score (nSPS) is 33.4. The third-order valence-electron chi connectivity index (χ3n) is 6.87. The van der Waals surface area contributed by atoms with Crippen LogP contribution in [0.2, 0.25) is 0 Å². The Morgan fingerprint density at radius 3 is 2.39 bits per heavy atom. The maximum Gasteiger partial charge on any atom is 0.0512 e. The van der Waals surface area contributed by atoms with E-state index in [2.05, 4.69) is 29.2 Å². The maximum absolute atomic E-state index is 10.0. The molecule has 1 unspecified atom stereocenters. The molecule has 0 aromatic rings. The van der Waals surface area contributed by atoms with Gasteiger partial charge in [-0.15, -0.1) is 0 Å². The van der Waals surface area contributed by atoms with E-state index in [0.717, 1.165) is 19.1 Å². The van der Waals surface area contributed by atoms with Gasteiger partial charge in [0.2, 0.25) is 0 Å². The summed E-state index contributed by atoms with van der Waals surface area (Å²) in [6, 6.07) is 0.767. The van der Waals surface area contributed by atoms with Gasteiger partial charge in [0.15, 0.2) is 0 Å². The number of aliphatic hydroxyl groups is 1. The fourth-order valence-electron chi connectivity index (χ4n) is 5.57. The van der Waals surface area contributed by atoms with Gasteiger partial charge in [-0.25, -0.2) is 0 Å². The van der Waals surface area contributed by atoms with Gasteiger partial charge in [0.1, 0.15) is 0 Å². The molecule has 134 valence electrons. The third kappa shape index (κ3) is 4.09. The number of likely N-dealkylation sites (tertiary alicyclic amines) is 1. The van der Waals surface area contributed by atoms with Crippen molar-refractivity contribution in [2.24, 2.45) is 10.8 Å². The molecule has 2 heterocycles. The van der Waals surface area contributed by atoms with E-state index in [1.165, 1.54) is 71.0 Å². The van der Waals surface area contributed by atoms with Crippen LogP contribution in [-0.2, 0) is 0 Å². The molecule has 0 amide bonds. The molecule has 0 aromatic carbocycles. The van der Waals surface area contributed by atoms with Crippen LogP contribution >= 0.6 is 0 Å². The fraction of sp³-hybridized carbons (Fsp3) is 1.00. The molecular formula is C19H37N3O. The Kier molecular flexibility index (Phi) is 5.67. The molecular weight excluding hydrogens is 286 g/mol. The first-order valence-electron chi connectivity index (χ1n) is 9.77. The molecule has 2 aliphatic heterocycles. The minimum absolute atomic E-state index is 0.103. The highest BCUT2D eigenvalue weighted by Gasteiger charge is 2.41. The van der Waals surface area contributed by atoms with Gasteiger partial charge in [-0.1, -0.05) is 0 Å². The van der Waals surface area contributed by atoms with Gasteiger partial charge < -0.3 is 15.3 Å². The van der Waals surface area contributed by atoms with Gasteiger partial charge in [-0.05, 0) is 90.5 Å². The molecule has 4 nitrogen and oxygen atoms in total. The van der Waals surface area contributed by atoms with E-state index in [1.807, 2.05) is 0 Å². The largest absolute Gasteiger partial charge is 0.396 e. The van der Waals surface area contributed by atoms with Crippen LogP contribution < -0.4 is 5.32 Å². The van der Waals surface area contributed by atoms with E-state index in [1.54, 1.807) is 0 Å². The molecule has 23 heavy (non-hydrogen) atoms. The topological polar surface area (TPSA) is 38.7 Å². The van der Waals surface area contributed by atoms with Crippen molar-refractivity contribution in [3.8, 4) is 0 Å². The molecule has 3 fully saturated rings. The summed E-state index contributed by atoms with van der Waals surface area (Å²) in [7, 11) is 4.27. The van der Waals surface area contributed by atoms with E-state index in [0.29, 0.717) is 12.0 Å². The first-order valence-corrected chi connectivity index (χ1v) is 9.77. The zero-order chi connectivity index (χ0) is 16.3. The number of rotatable bonds is 4. The van der Waals surface area contributed by atoms with Gasteiger partial charge in [0, 0.05) is 24.5 Å². The molecule has 2 N–H and O–H groups in total. The molecule has 3 rings (SSSR count). The quantitative estimate of drug-likeness (QED) is 0.829. The summed E-state index contributed by atoms with van der Waals surface area (Å²) in [5.41, 5.74) is 0.765. The third-order valence-corrected chi connectivity index (χ3v) is 6.87.